The van der Waals surface area contributed by atoms with Crippen molar-refractivity contribution in [2.24, 2.45) is 5.92 Å². The predicted octanol–water partition coefficient (Wildman–Crippen LogP) is 4.40. The average Bonchev–Trinajstić information content (AvgIpc) is 3.16. The van der Waals surface area contributed by atoms with Crippen molar-refractivity contribution in [1.82, 2.24) is 14.3 Å². The maximum Gasteiger partial charge on any atom is 0.407 e. The van der Waals surface area contributed by atoms with Crippen LogP contribution in [0.4, 0.5) is 9.18 Å². The van der Waals surface area contributed by atoms with E-state index in [2.05, 4.69) is 5.32 Å². The maximum atomic E-state index is 14.7. The quantitative estimate of drug-likeness (QED) is 0.523. The zero-order valence-corrected chi connectivity index (χ0v) is 22.5. The molecule has 12 heteroatoms. The molecule has 9 nitrogen and oxygen atoms in total. The molecule has 1 aromatic rings. The molecule has 1 unspecified atom stereocenters. The van der Waals surface area contributed by atoms with E-state index in [-0.39, 0.29) is 23.9 Å². The monoisotopic (exact) mass is 547 g/mol. The SMILES string of the molecule is CC(C)(C)OC(=O)NC1CCCCN(S(=O)(=O)NC(=O)c2cc(Cl)c(OCC3CCCC3)cc2F)C1. The van der Waals surface area contributed by atoms with Crippen molar-refractivity contribution in [3.63, 3.8) is 0 Å². The van der Waals surface area contributed by atoms with Gasteiger partial charge in [0.2, 0.25) is 0 Å². The number of amides is 2. The first-order chi connectivity index (χ1) is 16.8. The van der Waals surface area contributed by atoms with E-state index in [0.29, 0.717) is 31.8 Å². The third-order valence-corrected chi connectivity index (χ3v) is 7.88. The second-order valence-electron chi connectivity index (χ2n) is 10.4. The van der Waals surface area contributed by atoms with Crippen molar-refractivity contribution < 1.29 is 31.9 Å². The first-order valence-electron chi connectivity index (χ1n) is 12.3. The van der Waals surface area contributed by atoms with Crippen molar-refractivity contribution in [1.29, 1.82) is 0 Å². The first-order valence-corrected chi connectivity index (χ1v) is 14.1. The van der Waals surface area contributed by atoms with Gasteiger partial charge in [-0.15, -0.1) is 0 Å². The molecule has 2 amide bonds. The van der Waals surface area contributed by atoms with Gasteiger partial charge in [-0.25, -0.2) is 13.9 Å². The van der Waals surface area contributed by atoms with Crippen molar-refractivity contribution in [2.75, 3.05) is 19.7 Å². The Bertz CT molecular complexity index is 1060. The van der Waals surface area contributed by atoms with Crippen molar-refractivity contribution in [3.05, 3.63) is 28.5 Å². The Hall–Kier alpha value is -2.11. The Balaban J connectivity index is 1.64. The summed E-state index contributed by atoms with van der Waals surface area (Å²) in [5.74, 6) is -1.57. The standard InChI is InChI=1S/C24H35ClFN3O6S/c1-24(2,3)35-23(31)27-17-10-6-7-11-29(14-17)36(32,33)28-22(30)18-12-19(25)21(13-20(18)26)34-15-16-8-4-5-9-16/h12-13,16-17H,4-11,14-15H2,1-3H3,(H,27,31)(H,28,30). The molecule has 3 rings (SSSR count). The lowest BCUT2D eigenvalue weighted by Crippen LogP contribution is -2.50. The molecule has 1 atom stereocenters. The second-order valence-corrected chi connectivity index (χ2v) is 12.4. The lowest BCUT2D eigenvalue weighted by Gasteiger charge is -2.26. The van der Waals surface area contributed by atoms with Crippen LogP contribution in [0.2, 0.25) is 5.02 Å². The Morgan fingerprint density at radius 3 is 2.47 bits per heavy atom. The van der Waals surface area contributed by atoms with Crippen LogP contribution in [0, 0.1) is 11.7 Å². The number of ether oxygens (including phenoxy) is 2. The molecule has 36 heavy (non-hydrogen) atoms. The number of carbonyl (C=O) groups excluding carboxylic acids is 2. The fourth-order valence-corrected chi connectivity index (χ4v) is 5.79. The third-order valence-electron chi connectivity index (χ3n) is 6.13. The molecular formula is C24H35ClFN3O6S. The van der Waals surface area contributed by atoms with Crippen molar-refractivity contribution in [2.45, 2.75) is 77.4 Å². The predicted molar refractivity (Wildman–Crippen MR) is 134 cm³/mol. The van der Waals surface area contributed by atoms with Gasteiger partial charge in [0.1, 0.15) is 17.2 Å². The van der Waals surface area contributed by atoms with Crippen LogP contribution in [0.3, 0.4) is 0 Å². The number of hydrogen-bond donors (Lipinski definition) is 2. The highest BCUT2D eigenvalue weighted by molar-refractivity contribution is 7.87. The number of benzene rings is 1. The van der Waals surface area contributed by atoms with E-state index >= 15 is 0 Å². The molecule has 2 fully saturated rings. The van der Waals surface area contributed by atoms with Gasteiger partial charge >= 0.3 is 16.3 Å². The zero-order chi connectivity index (χ0) is 26.5. The molecule has 202 valence electrons. The van der Waals surface area contributed by atoms with Crippen molar-refractivity contribution >= 4 is 33.8 Å². The van der Waals surface area contributed by atoms with Gasteiger partial charge in [-0.1, -0.05) is 30.9 Å². The number of nitrogens with zero attached hydrogens (tertiary/aromatic N) is 1. The highest BCUT2D eigenvalue weighted by atomic mass is 35.5. The highest BCUT2D eigenvalue weighted by Gasteiger charge is 2.31. The van der Waals surface area contributed by atoms with Gasteiger partial charge < -0.3 is 14.8 Å². The molecule has 2 aliphatic rings. The summed E-state index contributed by atoms with van der Waals surface area (Å²) in [5.41, 5.74) is -1.20. The molecule has 1 aliphatic carbocycles. The Kier molecular flexibility index (Phi) is 9.45. The average molecular weight is 548 g/mol. The number of alkyl carbamates (subject to hydrolysis) is 1. The third kappa shape index (κ3) is 8.21. The van der Waals surface area contributed by atoms with E-state index in [0.717, 1.165) is 42.1 Å². The number of nitrogens with one attached hydrogen (secondary N) is 2. The van der Waals surface area contributed by atoms with Crippen LogP contribution in [0.15, 0.2) is 12.1 Å². The minimum absolute atomic E-state index is 0.0216. The maximum absolute atomic E-state index is 14.7. The molecule has 0 radical (unpaired) electrons. The van der Waals surface area contributed by atoms with Crippen LogP contribution in [0.5, 0.6) is 5.75 Å². The molecule has 0 spiro atoms. The summed E-state index contributed by atoms with van der Waals surface area (Å²) in [6.45, 7) is 5.68. The van der Waals surface area contributed by atoms with E-state index in [9.17, 15) is 22.4 Å². The molecule has 1 saturated carbocycles. The normalized spacial score (nSPS) is 20.0. The minimum Gasteiger partial charge on any atom is -0.492 e. The summed E-state index contributed by atoms with van der Waals surface area (Å²) in [6.07, 6.45) is 5.47. The van der Waals surface area contributed by atoms with Gasteiger partial charge in [-0.3, -0.25) is 4.79 Å². The Morgan fingerprint density at radius 1 is 1.14 bits per heavy atom. The van der Waals surface area contributed by atoms with E-state index < -0.39 is 45.2 Å². The van der Waals surface area contributed by atoms with Gasteiger partial charge in [0.05, 0.1) is 17.2 Å². The molecule has 1 aromatic carbocycles. The van der Waals surface area contributed by atoms with Crippen LogP contribution >= 0.6 is 11.6 Å². The van der Waals surface area contributed by atoms with E-state index in [1.54, 1.807) is 20.8 Å². The minimum atomic E-state index is -4.32. The fourth-order valence-electron chi connectivity index (χ4n) is 4.35. The largest absolute Gasteiger partial charge is 0.492 e. The van der Waals surface area contributed by atoms with Crippen LogP contribution in [0.1, 0.15) is 76.1 Å². The van der Waals surface area contributed by atoms with Gasteiger partial charge in [-0.05, 0) is 58.4 Å². The van der Waals surface area contributed by atoms with E-state index in [1.165, 1.54) is 0 Å². The summed E-state index contributed by atoms with van der Waals surface area (Å²) in [7, 11) is -4.32. The van der Waals surface area contributed by atoms with Crippen LogP contribution in [-0.2, 0) is 14.9 Å². The fraction of sp³-hybridized carbons (Fsp3) is 0.667. The summed E-state index contributed by atoms with van der Waals surface area (Å²) in [5, 5.41) is 2.71. The molecule has 1 heterocycles. The number of rotatable bonds is 7. The molecule has 1 saturated heterocycles. The smallest absolute Gasteiger partial charge is 0.407 e. The van der Waals surface area contributed by atoms with Crippen LogP contribution in [0.25, 0.3) is 0 Å². The summed E-state index contributed by atoms with van der Waals surface area (Å²) < 4.78 is 54.6. The zero-order valence-electron chi connectivity index (χ0n) is 20.9. The molecule has 2 N–H and O–H groups in total. The molecule has 0 aromatic heterocycles. The van der Waals surface area contributed by atoms with E-state index in [1.807, 2.05) is 4.72 Å². The van der Waals surface area contributed by atoms with Crippen LogP contribution < -0.4 is 14.8 Å². The summed E-state index contributed by atoms with van der Waals surface area (Å²) in [6, 6.07) is 1.57. The first kappa shape index (κ1) is 28.5. The lowest BCUT2D eigenvalue weighted by molar-refractivity contribution is 0.0498. The molecular weight excluding hydrogens is 513 g/mol. The van der Waals surface area contributed by atoms with Crippen LogP contribution in [-0.4, -0.2) is 56.1 Å². The summed E-state index contributed by atoms with van der Waals surface area (Å²) in [4.78, 5) is 24.9. The molecule has 1 aliphatic heterocycles. The number of hydrogen-bond acceptors (Lipinski definition) is 6. The Labute approximate surface area is 217 Å². The molecule has 0 bridgehead atoms. The number of carbonyl (C=O) groups is 2. The topological polar surface area (TPSA) is 114 Å². The van der Waals surface area contributed by atoms with E-state index in [4.69, 9.17) is 21.1 Å². The van der Waals surface area contributed by atoms with Gasteiger partial charge in [0.25, 0.3) is 5.91 Å². The van der Waals surface area contributed by atoms with Crippen molar-refractivity contribution in [3.8, 4) is 5.75 Å². The Morgan fingerprint density at radius 2 is 1.81 bits per heavy atom. The lowest BCUT2D eigenvalue weighted by atomic mass is 10.1. The second kappa shape index (κ2) is 12.0. The van der Waals surface area contributed by atoms with Gasteiger partial charge in [0, 0.05) is 25.2 Å². The van der Waals surface area contributed by atoms with Gasteiger partial charge in [-0.2, -0.15) is 12.7 Å². The van der Waals surface area contributed by atoms with Gasteiger partial charge in [0.15, 0.2) is 0 Å². The number of halogens is 2. The highest BCUT2D eigenvalue weighted by Crippen LogP contribution is 2.31. The summed E-state index contributed by atoms with van der Waals surface area (Å²) >= 11 is 6.20.